The van der Waals surface area contributed by atoms with E-state index < -0.39 is 11.9 Å². The number of likely N-dealkylation sites (tertiary alicyclic amines) is 1. The molecule has 3 unspecified atom stereocenters. The lowest BCUT2D eigenvalue weighted by Crippen LogP contribution is -2.57. The number of halogens is 1. The zero-order valence-electron chi connectivity index (χ0n) is 23.9. The summed E-state index contributed by atoms with van der Waals surface area (Å²) in [5, 5.41) is 4.73. The number of nitrogens with two attached hydrogens (primary N) is 1. The van der Waals surface area contributed by atoms with Gasteiger partial charge in [-0.05, 0) is 74.7 Å². The van der Waals surface area contributed by atoms with Gasteiger partial charge in [-0.15, -0.1) is 0 Å². The summed E-state index contributed by atoms with van der Waals surface area (Å²) in [5.74, 6) is -1.10. The number of hydrogen-bond acceptors (Lipinski definition) is 4. The van der Waals surface area contributed by atoms with Gasteiger partial charge in [-0.1, -0.05) is 36.7 Å². The summed E-state index contributed by atoms with van der Waals surface area (Å²) in [6, 6.07) is 12.4. The molecule has 3 aromatic rings. The molecule has 1 aromatic heterocycles. The maximum Gasteiger partial charge on any atom is 0.318 e. The van der Waals surface area contributed by atoms with E-state index in [0.717, 1.165) is 40.7 Å². The number of carbonyl (C=O) groups is 3. The van der Waals surface area contributed by atoms with Crippen molar-refractivity contribution < 1.29 is 14.4 Å². The second-order valence-corrected chi connectivity index (χ2v) is 12.2. The smallest absolute Gasteiger partial charge is 0.318 e. The number of anilines is 1. The molecule has 1 fully saturated rings. The third-order valence-corrected chi connectivity index (χ3v) is 8.67. The summed E-state index contributed by atoms with van der Waals surface area (Å²) in [4.78, 5) is 49.0. The van der Waals surface area contributed by atoms with Gasteiger partial charge in [0.05, 0.1) is 5.92 Å². The predicted molar refractivity (Wildman–Crippen MR) is 162 cm³/mol. The molecule has 2 aromatic carbocycles. The van der Waals surface area contributed by atoms with Crippen molar-refractivity contribution in [1.29, 1.82) is 0 Å². The SMILES string of the molecule is CC(c1c[nH]c2ccccc12)C(NC(=O)N1CCCC(C(N)=O)C1)C(=O)N1C[C@@H](CN(C)C)Cc2cc(Cl)ccc21. The average Bonchev–Trinajstić information content (AvgIpc) is 3.38. The molecule has 2 aliphatic heterocycles. The molecule has 9 nitrogen and oxygen atoms in total. The Kier molecular flexibility index (Phi) is 8.56. The van der Waals surface area contributed by atoms with Gasteiger partial charge in [-0.2, -0.15) is 0 Å². The number of rotatable bonds is 7. The summed E-state index contributed by atoms with van der Waals surface area (Å²) in [5.41, 5.74) is 9.34. The maximum absolute atomic E-state index is 14.6. The lowest BCUT2D eigenvalue weighted by molar-refractivity contribution is -0.123. The lowest BCUT2D eigenvalue weighted by atomic mass is 9.88. The second-order valence-electron chi connectivity index (χ2n) is 11.7. The number of hydrogen-bond donors (Lipinski definition) is 3. The van der Waals surface area contributed by atoms with E-state index in [4.69, 9.17) is 17.3 Å². The summed E-state index contributed by atoms with van der Waals surface area (Å²) in [6.07, 6.45) is 4.08. The highest BCUT2D eigenvalue weighted by molar-refractivity contribution is 6.30. The van der Waals surface area contributed by atoms with Crippen molar-refractivity contribution in [2.45, 2.75) is 38.1 Å². The fourth-order valence-electron chi connectivity index (χ4n) is 6.40. The number of benzene rings is 2. The number of amides is 4. The number of H-pyrrole nitrogens is 1. The van der Waals surface area contributed by atoms with E-state index in [1.807, 2.05) is 68.5 Å². The molecule has 10 heteroatoms. The maximum atomic E-state index is 14.6. The van der Waals surface area contributed by atoms with Crippen LogP contribution in [0.1, 0.15) is 36.8 Å². The Morgan fingerprint density at radius 1 is 1.17 bits per heavy atom. The Hall–Kier alpha value is -3.56. The van der Waals surface area contributed by atoms with E-state index >= 15 is 0 Å². The highest BCUT2D eigenvalue weighted by Crippen LogP contribution is 2.35. The van der Waals surface area contributed by atoms with Crippen molar-refractivity contribution >= 4 is 46.0 Å². The molecular formula is C31H39ClN6O3. The number of carbonyl (C=O) groups excluding carboxylic acids is 3. The van der Waals surface area contributed by atoms with Crippen LogP contribution in [0.25, 0.3) is 10.9 Å². The molecule has 0 aliphatic carbocycles. The van der Waals surface area contributed by atoms with E-state index in [9.17, 15) is 14.4 Å². The molecule has 0 saturated carbocycles. The monoisotopic (exact) mass is 578 g/mol. The molecule has 4 atom stereocenters. The quantitative estimate of drug-likeness (QED) is 0.393. The molecule has 0 bridgehead atoms. The van der Waals surface area contributed by atoms with E-state index in [1.54, 1.807) is 11.0 Å². The number of fused-ring (bicyclic) bond motifs is 2. The van der Waals surface area contributed by atoms with E-state index in [0.29, 0.717) is 31.0 Å². The van der Waals surface area contributed by atoms with Crippen molar-refractivity contribution in [2.24, 2.45) is 17.6 Å². The average molecular weight is 579 g/mol. The first-order chi connectivity index (χ1) is 19.6. The molecule has 0 radical (unpaired) electrons. The normalized spacial score (nSPS) is 20.5. The number of aromatic nitrogens is 1. The van der Waals surface area contributed by atoms with Gasteiger partial charge >= 0.3 is 6.03 Å². The number of nitrogens with one attached hydrogen (secondary N) is 2. The molecular weight excluding hydrogens is 540 g/mol. The molecule has 2 aliphatic rings. The molecule has 3 heterocycles. The minimum absolute atomic E-state index is 0.174. The Balaban J connectivity index is 1.50. The molecule has 0 spiro atoms. The summed E-state index contributed by atoms with van der Waals surface area (Å²) in [6.45, 7) is 4.08. The van der Waals surface area contributed by atoms with Crippen molar-refractivity contribution in [3.63, 3.8) is 0 Å². The van der Waals surface area contributed by atoms with Crippen LogP contribution >= 0.6 is 11.6 Å². The number of piperidine rings is 1. The first kappa shape index (κ1) is 29.0. The summed E-state index contributed by atoms with van der Waals surface area (Å²) >= 11 is 6.37. The van der Waals surface area contributed by atoms with Crippen molar-refractivity contribution in [1.82, 2.24) is 20.1 Å². The third kappa shape index (κ3) is 6.21. The van der Waals surface area contributed by atoms with Gasteiger partial charge in [0.15, 0.2) is 0 Å². The molecule has 5 rings (SSSR count). The number of para-hydroxylation sites is 1. The first-order valence-corrected chi connectivity index (χ1v) is 14.7. The van der Waals surface area contributed by atoms with Crippen LogP contribution in [0.2, 0.25) is 5.02 Å². The predicted octanol–water partition coefficient (Wildman–Crippen LogP) is 3.97. The molecule has 4 amide bonds. The fourth-order valence-corrected chi connectivity index (χ4v) is 6.59. The molecule has 41 heavy (non-hydrogen) atoms. The van der Waals surface area contributed by atoms with Crippen molar-refractivity contribution in [2.75, 3.05) is 45.2 Å². The fraction of sp³-hybridized carbons (Fsp3) is 0.452. The van der Waals surface area contributed by atoms with Crippen LogP contribution in [0.3, 0.4) is 0 Å². The first-order valence-electron chi connectivity index (χ1n) is 14.3. The van der Waals surface area contributed by atoms with Crippen LogP contribution in [-0.4, -0.2) is 78.9 Å². The van der Waals surface area contributed by atoms with E-state index in [1.165, 1.54) is 0 Å². The summed E-state index contributed by atoms with van der Waals surface area (Å²) in [7, 11) is 4.06. The molecule has 218 valence electrons. The number of primary amides is 1. The van der Waals surface area contributed by atoms with Crippen molar-refractivity contribution in [3.8, 4) is 0 Å². The van der Waals surface area contributed by atoms with Crippen LogP contribution < -0.4 is 16.0 Å². The van der Waals surface area contributed by atoms with Gasteiger partial charge in [0.2, 0.25) is 11.8 Å². The van der Waals surface area contributed by atoms with Crippen molar-refractivity contribution in [3.05, 3.63) is 64.8 Å². The highest BCUT2D eigenvalue weighted by atomic mass is 35.5. The van der Waals surface area contributed by atoms with Crippen LogP contribution in [-0.2, 0) is 16.0 Å². The van der Waals surface area contributed by atoms with Gasteiger partial charge in [0.25, 0.3) is 0 Å². The zero-order valence-corrected chi connectivity index (χ0v) is 24.7. The van der Waals surface area contributed by atoms with Crippen LogP contribution in [0.4, 0.5) is 10.5 Å². The summed E-state index contributed by atoms with van der Waals surface area (Å²) < 4.78 is 0. The van der Waals surface area contributed by atoms with Gasteiger partial charge in [-0.25, -0.2) is 4.79 Å². The Morgan fingerprint density at radius 3 is 2.71 bits per heavy atom. The molecule has 1 saturated heterocycles. The largest absolute Gasteiger partial charge is 0.369 e. The van der Waals surface area contributed by atoms with Gasteiger partial charge < -0.3 is 30.7 Å². The van der Waals surface area contributed by atoms with Gasteiger partial charge in [0.1, 0.15) is 6.04 Å². The number of urea groups is 1. The Bertz CT molecular complexity index is 1440. The van der Waals surface area contributed by atoms with Crippen LogP contribution in [0.15, 0.2) is 48.7 Å². The topological polar surface area (TPSA) is 115 Å². The van der Waals surface area contributed by atoms with Crippen LogP contribution in [0.5, 0.6) is 0 Å². The standard InChI is InChI=1S/C31H39ClN6O3/c1-19(25-15-34-26-9-5-4-8-24(25)26)28(35-31(41)37-12-6-7-21(18-37)29(33)39)30(40)38-17-20(16-36(2)3)13-22-14-23(32)10-11-27(22)38/h4-5,8-11,14-15,19-21,28,34H,6-7,12-13,16-18H2,1-3H3,(H2,33,39)(H,35,41)/t19?,20-,21?,28?/m1/s1. The highest BCUT2D eigenvalue weighted by Gasteiger charge is 2.38. The zero-order chi connectivity index (χ0) is 29.3. The van der Waals surface area contributed by atoms with E-state index in [-0.39, 0.29) is 36.2 Å². The Morgan fingerprint density at radius 2 is 1.95 bits per heavy atom. The number of aromatic amines is 1. The van der Waals surface area contributed by atoms with E-state index in [2.05, 4.69) is 15.2 Å². The Labute approximate surface area is 246 Å². The van der Waals surface area contributed by atoms with Gasteiger partial charge in [0, 0.05) is 59.9 Å². The third-order valence-electron chi connectivity index (χ3n) is 8.44. The van der Waals surface area contributed by atoms with Gasteiger partial charge in [-0.3, -0.25) is 9.59 Å². The molecule has 4 N–H and O–H groups in total. The minimum Gasteiger partial charge on any atom is -0.369 e. The minimum atomic E-state index is -0.850. The number of nitrogens with zero attached hydrogens (tertiary/aromatic N) is 3. The van der Waals surface area contributed by atoms with Crippen LogP contribution in [0, 0.1) is 11.8 Å². The lowest BCUT2D eigenvalue weighted by Gasteiger charge is -2.39. The second kappa shape index (κ2) is 12.1.